The van der Waals surface area contributed by atoms with E-state index in [1.165, 1.54) is 42.4 Å². The largest absolute Gasteiger partial charge is 0.324 e. The predicted molar refractivity (Wildman–Crippen MR) is 138 cm³/mol. The molecule has 0 aromatic heterocycles. The molecule has 0 amide bonds. The smallest absolute Gasteiger partial charge is 0.0273 e. The molecule has 2 heteroatoms. The summed E-state index contributed by atoms with van der Waals surface area (Å²) in [5.74, 6) is 0.805. The first kappa shape index (κ1) is 24.6. The van der Waals surface area contributed by atoms with Gasteiger partial charge in [-0.25, -0.2) is 0 Å². The highest BCUT2D eigenvalue weighted by Crippen LogP contribution is 2.18. The zero-order valence-corrected chi connectivity index (χ0v) is 19.6. The van der Waals surface area contributed by atoms with E-state index in [1.54, 1.807) is 0 Å². The Morgan fingerprint density at radius 1 is 0.968 bits per heavy atom. The molecule has 0 saturated heterocycles. The van der Waals surface area contributed by atoms with Crippen molar-refractivity contribution in [3.8, 4) is 0 Å². The Bertz CT molecular complexity index is 879. The fraction of sp³-hybridized carbons (Fsp3) is 0.345. The number of benzene rings is 2. The molecule has 2 nitrogen and oxygen atoms in total. The van der Waals surface area contributed by atoms with Crippen molar-refractivity contribution in [3.05, 3.63) is 95.2 Å². The number of rotatable bonds is 11. The van der Waals surface area contributed by atoms with Crippen molar-refractivity contribution in [2.75, 3.05) is 0 Å². The molecule has 0 radical (unpaired) electrons. The first-order valence-corrected chi connectivity index (χ1v) is 11.5. The maximum Gasteiger partial charge on any atom is 0.0273 e. The van der Waals surface area contributed by atoms with Crippen molar-refractivity contribution in [1.82, 2.24) is 0 Å². The van der Waals surface area contributed by atoms with Gasteiger partial charge in [-0.2, -0.15) is 0 Å². The molecule has 2 aromatic carbocycles. The van der Waals surface area contributed by atoms with Crippen LogP contribution >= 0.6 is 0 Å². The summed E-state index contributed by atoms with van der Waals surface area (Å²) in [6.07, 6.45) is 16.9. The Balaban J connectivity index is 1.82. The van der Waals surface area contributed by atoms with Gasteiger partial charge in [0.2, 0.25) is 0 Å². The Morgan fingerprint density at radius 3 is 2.29 bits per heavy atom. The average Bonchev–Trinajstić information content (AvgIpc) is 2.77. The molecule has 0 aliphatic heterocycles. The number of nitrogens with two attached hydrogens (primary N) is 1. The molecule has 0 bridgehead atoms. The summed E-state index contributed by atoms with van der Waals surface area (Å²) in [4.78, 5) is 4.37. The van der Waals surface area contributed by atoms with Crippen LogP contribution in [0, 0.1) is 5.92 Å². The lowest BCUT2D eigenvalue weighted by Crippen LogP contribution is -2.04. The van der Waals surface area contributed by atoms with Gasteiger partial charge in [0.15, 0.2) is 0 Å². The topological polar surface area (TPSA) is 38.4 Å². The summed E-state index contributed by atoms with van der Waals surface area (Å²) >= 11 is 0. The van der Waals surface area contributed by atoms with Gasteiger partial charge in [0.25, 0.3) is 0 Å². The lowest BCUT2D eigenvalue weighted by atomic mass is 10.0. The SMILES string of the molecule is C\C=C(/C=C\C=N\C=C\c1ccc(CCCCC(C)C)cc1)c1ccc(C(C)N)cc1. The van der Waals surface area contributed by atoms with Gasteiger partial charge >= 0.3 is 0 Å². The number of allylic oxidation sites excluding steroid dienone is 4. The highest BCUT2D eigenvalue weighted by Gasteiger charge is 2.01. The minimum absolute atomic E-state index is 0.0588. The summed E-state index contributed by atoms with van der Waals surface area (Å²) in [6.45, 7) is 8.63. The molecule has 0 fully saturated rings. The zero-order chi connectivity index (χ0) is 22.5. The molecule has 1 unspecified atom stereocenters. The highest BCUT2D eigenvalue weighted by molar-refractivity contribution is 5.81. The second-order valence-corrected chi connectivity index (χ2v) is 8.51. The third-order valence-electron chi connectivity index (χ3n) is 5.36. The second kappa shape index (κ2) is 13.6. The fourth-order valence-corrected chi connectivity index (χ4v) is 3.39. The van der Waals surface area contributed by atoms with Crippen LogP contribution in [-0.2, 0) is 6.42 Å². The predicted octanol–water partition coefficient (Wildman–Crippen LogP) is 7.78. The lowest BCUT2D eigenvalue weighted by Gasteiger charge is -2.07. The second-order valence-electron chi connectivity index (χ2n) is 8.51. The van der Waals surface area contributed by atoms with Gasteiger partial charge in [-0.3, -0.25) is 4.99 Å². The van der Waals surface area contributed by atoms with E-state index in [0.29, 0.717) is 0 Å². The van der Waals surface area contributed by atoms with E-state index in [2.05, 4.69) is 79.5 Å². The summed E-state index contributed by atoms with van der Waals surface area (Å²) < 4.78 is 0. The summed E-state index contributed by atoms with van der Waals surface area (Å²) in [7, 11) is 0. The molecule has 0 heterocycles. The number of unbranched alkanes of at least 4 members (excludes halogenated alkanes) is 1. The van der Waals surface area contributed by atoms with Gasteiger partial charge in [0, 0.05) is 18.5 Å². The molecular weight excluding hydrogens is 376 g/mol. The van der Waals surface area contributed by atoms with Crippen molar-refractivity contribution in [1.29, 1.82) is 0 Å². The van der Waals surface area contributed by atoms with E-state index < -0.39 is 0 Å². The van der Waals surface area contributed by atoms with E-state index in [-0.39, 0.29) is 6.04 Å². The standard InChI is InChI=1S/C29H38N2/c1-5-27(29-18-16-28(17-19-29)24(4)30)11-8-21-31-22-20-26-14-12-25(13-15-26)10-7-6-9-23(2)3/h5,8,11-24H,6-7,9-10,30H2,1-4H3/b11-8-,22-20+,27-5+,31-21+. The van der Waals surface area contributed by atoms with Crippen LogP contribution in [0.2, 0.25) is 0 Å². The third kappa shape index (κ3) is 9.31. The van der Waals surface area contributed by atoms with Gasteiger partial charge in [-0.1, -0.05) is 87.4 Å². The molecule has 1 atom stereocenters. The van der Waals surface area contributed by atoms with Crippen LogP contribution < -0.4 is 5.73 Å². The first-order chi connectivity index (χ1) is 15.0. The minimum atomic E-state index is 0.0588. The molecule has 0 aliphatic carbocycles. The van der Waals surface area contributed by atoms with Gasteiger partial charge in [-0.15, -0.1) is 0 Å². The number of nitrogens with zero attached hydrogens (tertiary/aromatic N) is 1. The fourth-order valence-electron chi connectivity index (χ4n) is 3.39. The van der Waals surface area contributed by atoms with Crippen LogP contribution in [0.1, 0.15) is 75.3 Å². The molecule has 2 N–H and O–H groups in total. The zero-order valence-electron chi connectivity index (χ0n) is 19.6. The van der Waals surface area contributed by atoms with Crippen molar-refractivity contribution in [2.45, 2.75) is 59.4 Å². The molecule has 164 valence electrons. The number of aliphatic imine (C=N–C) groups is 1. The molecule has 0 saturated carbocycles. The van der Waals surface area contributed by atoms with Crippen LogP contribution in [-0.4, -0.2) is 6.21 Å². The van der Waals surface area contributed by atoms with Crippen molar-refractivity contribution >= 4 is 17.9 Å². The normalized spacial score (nSPS) is 13.8. The van der Waals surface area contributed by atoms with Crippen LogP contribution in [0.5, 0.6) is 0 Å². The number of hydrogen-bond donors (Lipinski definition) is 1. The van der Waals surface area contributed by atoms with E-state index >= 15 is 0 Å². The Labute approximate surface area is 189 Å². The van der Waals surface area contributed by atoms with Gasteiger partial charge in [0.1, 0.15) is 0 Å². The molecule has 0 spiro atoms. The van der Waals surface area contributed by atoms with Gasteiger partial charge in [-0.05, 0) is 72.6 Å². The lowest BCUT2D eigenvalue weighted by molar-refractivity contribution is 0.538. The maximum absolute atomic E-state index is 5.93. The maximum atomic E-state index is 5.93. The van der Waals surface area contributed by atoms with Crippen molar-refractivity contribution in [3.63, 3.8) is 0 Å². The van der Waals surface area contributed by atoms with Gasteiger partial charge < -0.3 is 5.73 Å². The highest BCUT2D eigenvalue weighted by atomic mass is 14.7. The van der Waals surface area contributed by atoms with E-state index in [0.717, 1.165) is 17.1 Å². The monoisotopic (exact) mass is 414 g/mol. The Kier molecular flexibility index (Phi) is 10.7. The van der Waals surface area contributed by atoms with Gasteiger partial charge in [0.05, 0.1) is 0 Å². The minimum Gasteiger partial charge on any atom is -0.324 e. The summed E-state index contributed by atoms with van der Waals surface area (Å²) in [5.41, 5.74) is 12.0. The number of aryl methyl sites for hydroxylation is 1. The van der Waals surface area contributed by atoms with Crippen LogP contribution in [0.4, 0.5) is 0 Å². The molecule has 2 rings (SSSR count). The molecule has 31 heavy (non-hydrogen) atoms. The van der Waals surface area contributed by atoms with Crippen LogP contribution in [0.25, 0.3) is 11.6 Å². The van der Waals surface area contributed by atoms with E-state index in [1.807, 2.05) is 38.4 Å². The summed E-state index contributed by atoms with van der Waals surface area (Å²) in [6, 6.07) is 17.3. The summed E-state index contributed by atoms with van der Waals surface area (Å²) in [5, 5.41) is 0. The number of hydrogen-bond acceptors (Lipinski definition) is 2. The molecule has 0 aliphatic rings. The van der Waals surface area contributed by atoms with E-state index in [9.17, 15) is 0 Å². The van der Waals surface area contributed by atoms with Crippen molar-refractivity contribution < 1.29 is 0 Å². The third-order valence-corrected chi connectivity index (χ3v) is 5.36. The van der Waals surface area contributed by atoms with Crippen molar-refractivity contribution in [2.24, 2.45) is 16.6 Å². The Morgan fingerprint density at radius 2 is 1.68 bits per heavy atom. The Hall–Kier alpha value is -2.71. The van der Waals surface area contributed by atoms with Crippen LogP contribution in [0.3, 0.4) is 0 Å². The van der Waals surface area contributed by atoms with E-state index in [4.69, 9.17) is 5.73 Å². The quantitative estimate of drug-likeness (QED) is 0.227. The first-order valence-electron chi connectivity index (χ1n) is 11.5. The average molecular weight is 415 g/mol. The molecular formula is C29H38N2. The van der Waals surface area contributed by atoms with Crippen LogP contribution in [0.15, 0.2) is 78.0 Å². The molecule has 2 aromatic rings.